The fourth-order valence-corrected chi connectivity index (χ4v) is 6.68. The first kappa shape index (κ1) is 34.4. The molecule has 5 N–H and O–H groups in total. The molecule has 48 heavy (non-hydrogen) atoms. The van der Waals surface area contributed by atoms with Crippen molar-refractivity contribution in [3.63, 3.8) is 0 Å². The number of nitrogens with zero attached hydrogens (tertiary/aromatic N) is 2. The largest absolute Gasteiger partial charge is 0.486 e. The Morgan fingerprint density at radius 3 is 2.35 bits per heavy atom. The molecular formula is C36H41N5O6S. The number of likely N-dealkylation sites (N-methyl/N-ethyl adjacent to an activating group) is 1. The molecule has 0 saturated carbocycles. The van der Waals surface area contributed by atoms with Crippen molar-refractivity contribution in [3.8, 4) is 5.75 Å². The molecule has 1 aliphatic rings. The molecule has 4 aromatic carbocycles. The second-order valence-corrected chi connectivity index (χ2v) is 13.8. The van der Waals surface area contributed by atoms with Crippen LogP contribution in [0.15, 0.2) is 102 Å². The van der Waals surface area contributed by atoms with Crippen molar-refractivity contribution >= 4 is 38.9 Å². The summed E-state index contributed by atoms with van der Waals surface area (Å²) in [6.07, 6.45) is -0.459. The summed E-state index contributed by atoms with van der Waals surface area (Å²) in [6.45, 7) is 4.81. The number of fused-ring (bicyclic) bond motifs is 1. The van der Waals surface area contributed by atoms with Crippen molar-refractivity contribution in [3.05, 3.63) is 114 Å². The molecule has 11 nitrogen and oxygen atoms in total. The molecule has 0 bridgehead atoms. The summed E-state index contributed by atoms with van der Waals surface area (Å²) in [4.78, 5) is 30.4. The van der Waals surface area contributed by atoms with Gasteiger partial charge in [-0.25, -0.2) is 8.42 Å². The third kappa shape index (κ3) is 7.96. The molecule has 1 aliphatic heterocycles. The van der Waals surface area contributed by atoms with Crippen LogP contribution in [-0.2, 0) is 16.6 Å². The van der Waals surface area contributed by atoms with E-state index in [4.69, 9.17) is 10.5 Å². The van der Waals surface area contributed by atoms with Crippen LogP contribution < -0.4 is 20.5 Å². The number of carbonyl (C=O) groups is 2. The van der Waals surface area contributed by atoms with Gasteiger partial charge in [0.2, 0.25) is 0 Å². The topological polar surface area (TPSA) is 154 Å². The van der Waals surface area contributed by atoms with E-state index in [1.165, 1.54) is 12.1 Å². The van der Waals surface area contributed by atoms with Crippen LogP contribution >= 0.6 is 0 Å². The van der Waals surface area contributed by atoms with Gasteiger partial charge in [0.1, 0.15) is 6.10 Å². The van der Waals surface area contributed by atoms with Crippen molar-refractivity contribution in [1.29, 1.82) is 0 Å². The zero-order valence-corrected chi connectivity index (χ0v) is 28.0. The number of rotatable bonds is 11. The van der Waals surface area contributed by atoms with Crippen LogP contribution in [0.2, 0.25) is 0 Å². The number of amides is 2. The van der Waals surface area contributed by atoms with Crippen molar-refractivity contribution in [2.45, 2.75) is 37.4 Å². The summed E-state index contributed by atoms with van der Waals surface area (Å²) < 4.78 is 35.8. The minimum atomic E-state index is -3.98. The van der Waals surface area contributed by atoms with E-state index in [-0.39, 0.29) is 46.2 Å². The van der Waals surface area contributed by atoms with Gasteiger partial charge in [-0.15, -0.1) is 0 Å². The van der Waals surface area contributed by atoms with Crippen molar-refractivity contribution in [1.82, 2.24) is 9.80 Å². The Labute approximate surface area is 281 Å². The molecule has 252 valence electrons. The lowest BCUT2D eigenvalue weighted by Crippen LogP contribution is -2.49. The maximum Gasteiger partial charge on any atom is 0.262 e. The zero-order valence-electron chi connectivity index (χ0n) is 27.2. The molecule has 2 amide bonds. The summed E-state index contributed by atoms with van der Waals surface area (Å²) in [5.41, 5.74) is 8.80. The lowest BCUT2D eigenvalue weighted by atomic mass is 9.99. The van der Waals surface area contributed by atoms with Gasteiger partial charge >= 0.3 is 0 Å². The Morgan fingerprint density at radius 2 is 1.67 bits per heavy atom. The standard InChI is InChI=1S/C36H41N5O6S/c1-24-20-41(25(2)23-42)36(44)29-12-9-15-32(39-48(45,46)28-10-5-4-6-11-28)34(29)47-33(24)22-40(3)21-26-16-18-27(19-17-26)35(43)38-31-14-8-7-13-30(31)37/h4-19,24-25,33,39,42H,20-23,37H2,1-3H3,(H,38,43)/t24-,25+,33+/m0/s1. The second kappa shape index (κ2) is 14.9. The van der Waals surface area contributed by atoms with Gasteiger partial charge in [0.05, 0.1) is 40.2 Å². The first-order valence-electron chi connectivity index (χ1n) is 15.7. The Bertz CT molecular complexity index is 1850. The minimum absolute atomic E-state index is 0.0765. The first-order valence-corrected chi connectivity index (χ1v) is 17.2. The van der Waals surface area contributed by atoms with Gasteiger partial charge in [-0.2, -0.15) is 0 Å². The predicted molar refractivity (Wildman–Crippen MR) is 186 cm³/mol. The zero-order chi connectivity index (χ0) is 34.4. The molecule has 0 aliphatic carbocycles. The van der Waals surface area contributed by atoms with Crippen LogP contribution in [0.1, 0.15) is 40.1 Å². The number of benzene rings is 4. The average Bonchev–Trinajstić information content (AvgIpc) is 3.08. The van der Waals surface area contributed by atoms with Crippen LogP contribution in [0.3, 0.4) is 0 Å². The molecule has 4 aromatic rings. The number of sulfonamides is 1. The summed E-state index contributed by atoms with van der Waals surface area (Å²) in [6, 6.07) is 26.7. The van der Waals surface area contributed by atoms with Gasteiger partial charge in [-0.3, -0.25) is 19.2 Å². The number of hydrogen-bond donors (Lipinski definition) is 4. The quantitative estimate of drug-likeness (QED) is 0.168. The molecule has 0 aromatic heterocycles. The van der Waals surface area contributed by atoms with Crippen molar-refractivity contribution in [2.75, 3.05) is 42.5 Å². The SMILES string of the molecule is C[C@H](CO)N1C[C@H](C)[C@@H](CN(C)Cc2ccc(C(=O)Nc3ccccc3N)cc2)Oc2c(NS(=O)(=O)c3ccccc3)cccc2C1=O. The van der Waals surface area contributed by atoms with Gasteiger partial charge in [-0.1, -0.05) is 55.5 Å². The Kier molecular flexibility index (Phi) is 10.7. The summed E-state index contributed by atoms with van der Waals surface area (Å²) in [5.74, 6) is -0.673. The number of hydrogen-bond acceptors (Lipinski definition) is 8. The van der Waals surface area contributed by atoms with Gasteiger partial charge in [0.25, 0.3) is 21.8 Å². The summed E-state index contributed by atoms with van der Waals surface area (Å²) >= 11 is 0. The average molecular weight is 672 g/mol. The highest BCUT2D eigenvalue weighted by molar-refractivity contribution is 7.92. The minimum Gasteiger partial charge on any atom is -0.486 e. The van der Waals surface area contributed by atoms with Crippen molar-refractivity contribution in [2.24, 2.45) is 5.92 Å². The van der Waals surface area contributed by atoms with Crippen LogP contribution in [0.4, 0.5) is 17.1 Å². The van der Waals surface area contributed by atoms with Crippen LogP contribution in [0.25, 0.3) is 0 Å². The van der Waals surface area contributed by atoms with E-state index in [9.17, 15) is 23.1 Å². The smallest absolute Gasteiger partial charge is 0.262 e. The second-order valence-electron chi connectivity index (χ2n) is 12.2. The molecule has 0 fully saturated rings. The van der Waals surface area contributed by atoms with Gasteiger partial charge < -0.3 is 25.8 Å². The maximum atomic E-state index is 13.8. The van der Waals surface area contributed by atoms with E-state index in [1.54, 1.807) is 84.6 Å². The fraction of sp³-hybridized carbons (Fsp3) is 0.278. The third-order valence-electron chi connectivity index (χ3n) is 8.36. The first-order chi connectivity index (χ1) is 23.0. The molecule has 0 saturated heterocycles. The molecule has 0 spiro atoms. The number of anilines is 3. The van der Waals surface area contributed by atoms with Crippen LogP contribution in [0.5, 0.6) is 5.75 Å². The monoisotopic (exact) mass is 671 g/mol. The highest BCUT2D eigenvalue weighted by Gasteiger charge is 2.35. The van der Waals surface area contributed by atoms with E-state index in [2.05, 4.69) is 14.9 Å². The Morgan fingerprint density at radius 1 is 1.00 bits per heavy atom. The number of aliphatic hydroxyl groups is 1. The Balaban J connectivity index is 1.37. The van der Waals surface area contributed by atoms with Gasteiger partial charge in [0.15, 0.2) is 5.75 Å². The highest BCUT2D eigenvalue weighted by Crippen LogP contribution is 2.36. The molecule has 12 heteroatoms. The van der Waals surface area contributed by atoms with E-state index < -0.39 is 22.2 Å². The van der Waals surface area contributed by atoms with Gasteiger partial charge in [0, 0.05) is 31.1 Å². The van der Waals surface area contributed by atoms with E-state index in [0.717, 1.165) is 5.56 Å². The predicted octanol–water partition coefficient (Wildman–Crippen LogP) is 4.67. The number of para-hydroxylation sites is 3. The normalized spacial score (nSPS) is 17.1. The highest BCUT2D eigenvalue weighted by atomic mass is 32.2. The number of aliphatic hydroxyl groups excluding tert-OH is 1. The molecule has 0 unspecified atom stereocenters. The number of ether oxygens (including phenoxy) is 1. The fourth-order valence-electron chi connectivity index (χ4n) is 5.60. The van der Waals surface area contributed by atoms with Crippen molar-refractivity contribution < 1.29 is 27.9 Å². The number of nitrogens with two attached hydrogens (primary N) is 1. The number of carbonyl (C=O) groups excluding carboxylic acids is 2. The molecule has 0 radical (unpaired) electrons. The lowest BCUT2D eigenvalue weighted by molar-refractivity contribution is 0.0344. The molecule has 5 rings (SSSR count). The Hall–Kier alpha value is -4.91. The van der Waals surface area contributed by atoms with Crippen LogP contribution in [-0.4, -0.2) is 74.0 Å². The van der Waals surface area contributed by atoms with E-state index in [1.807, 2.05) is 26.1 Å². The molecule has 3 atom stereocenters. The molecular weight excluding hydrogens is 630 g/mol. The number of nitrogens with one attached hydrogen (secondary N) is 2. The summed E-state index contributed by atoms with van der Waals surface area (Å²) in [5, 5.41) is 12.8. The lowest BCUT2D eigenvalue weighted by Gasteiger charge is -2.38. The van der Waals surface area contributed by atoms with E-state index in [0.29, 0.717) is 36.6 Å². The van der Waals surface area contributed by atoms with E-state index >= 15 is 0 Å². The summed E-state index contributed by atoms with van der Waals surface area (Å²) in [7, 11) is -2.04. The molecule has 1 heterocycles. The third-order valence-corrected chi connectivity index (χ3v) is 9.74. The number of nitrogen functional groups attached to an aromatic ring is 1. The maximum absolute atomic E-state index is 13.8. The van der Waals surface area contributed by atoms with Crippen LogP contribution in [0, 0.1) is 5.92 Å². The van der Waals surface area contributed by atoms with Gasteiger partial charge in [-0.05, 0) is 68.1 Å².